The van der Waals surface area contributed by atoms with Crippen molar-refractivity contribution in [3.8, 4) is 5.75 Å². The van der Waals surface area contributed by atoms with Crippen LogP contribution in [-0.4, -0.2) is 29.6 Å². The minimum absolute atomic E-state index is 0.107. The number of aryl methyl sites for hydroxylation is 2. The Morgan fingerprint density at radius 3 is 2.29 bits per heavy atom. The van der Waals surface area contributed by atoms with E-state index in [0.29, 0.717) is 25.9 Å². The van der Waals surface area contributed by atoms with Crippen LogP contribution in [0.15, 0.2) is 68.6 Å². The maximum absolute atomic E-state index is 12.3. The summed E-state index contributed by atoms with van der Waals surface area (Å²) in [5, 5.41) is 17.4. The monoisotopic (exact) mass is 602 g/mol. The van der Waals surface area contributed by atoms with Crippen molar-refractivity contribution in [3.05, 3.63) is 95.9 Å². The van der Waals surface area contributed by atoms with Gasteiger partial charge in [-0.25, -0.2) is 5.43 Å². The number of nitro groups is 1. The molecule has 3 aromatic carbocycles. The van der Waals surface area contributed by atoms with E-state index < -0.39 is 10.8 Å². The average Bonchev–Trinajstić information content (AvgIpc) is 2.81. The first-order valence-corrected chi connectivity index (χ1v) is 11.8. The number of anilines is 1. The second-order valence-electron chi connectivity index (χ2n) is 7.45. The maximum Gasteiger partial charge on any atom is 0.271 e. The lowest BCUT2D eigenvalue weighted by Gasteiger charge is -2.12. The predicted octanol–water partition coefficient (Wildman–Crippen LogP) is 5.52. The van der Waals surface area contributed by atoms with Crippen LogP contribution in [-0.2, 0) is 4.79 Å². The quantitative estimate of drug-likeness (QED) is 0.199. The third-order valence-corrected chi connectivity index (χ3v) is 6.06. The van der Waals surface area contributed by atoms with Crippen LogP contribution >= 0.6 is 31.9 Å². The van der Waals surface area contributed by atoms with Crippen molar-refractivity contribution in [1.82, 2.24) is 5.43 Å². The summed E-state index contributed by atoms with van der Waals surface area (Å²) in [7, 11) is 0. The number of nitrogens with zero attached hydrogens (tertiary/aromatic N) is 2. The molecule has 180 valence electrons. The standard InChI is InChI=1S/C24H20Br2N4O5/c1-14-3-6-18(9-15(14)2)28-22(31)13-35-23-20(25)10-16(11-21(23)26)12-27-29-24(32)17-4-7-19(8-5-17)30(33)34/h3-12H,13H2,1-2H3,(H,28,31)(H,29,32)/b27-12+. The normalized spacial score (nSPS) is 10.7. The van der Waals surface area contributed by atoms with E-state index in [1.807, 2.05) is 32.0 Å². The van der Waals surface area contributed by atoms with Crippen molar-refractivity contribution >= 4 is 61.3 Å². The molecule has 9 nitrogen and oxygen atoms in total. The Bertz CT molecular complexity index is 1290. The first kappa shape index (κ1) is 26.0. The molecule has 2 amide bonds. The first-order chi connectivity index (χ1) is 16.6. The van der Waals surface area contributed by atoms with Crippen molar-refractivity contribution in [2.45, 2.75) is 13.8 Å². The van der Waals surface area contributed by atoms with Gasteiger partial charge in [0, 0.05) is 23.4 Å². The molecule has 0 atom stereocenters. The van der Waals surface area contributed by atoms with Gasteiger partial charge < -0.3 is 10.1 Å². The van der Waals surface area contributed by atoms with Crippen LogP contribution in [0.1, 0.15) is 27.0 Å². The van der Waals surface area contributed by atoms with E-state index in [4.69, 9.17) is 4.74 Å². The first-order valence-electron chi connectivity index (χ1n) is 10.2. The van der Waals surface area contributed by atoms with Gasteiger partial charge in [0.05, 0.1) is 20.1 Å². The second kappa shape index (κ2) is 11.7. The number of hydrogen-bond acceptors (Lipinski definition) is 6. The number of hydrogen-bond donors (Lipinski definition) is 2. The van der Waals surface area contributed by atoms with Crippen LogP contribution in [0.2, 0.25) is 0 Å². The largest absolute Gasteiger partial charge is 0.481 e. The third kappa shape index (κ3) is 7.20. The molecule has 0 heterocycles. The Kier molecular flexibility index (Phi) is 8.72. The lowest BCUT2D eigenvalue weighted by atomic mass is 10.1. The highest BCUT2D eigenvalue weighted by Crippen LogP contribution is 2.34. The summed E-state index contributed by atoms with van der Waals surface area (Å²) in [5.74, 6) is -0.372. The molecule has 0 saturated heterocycles. The van der Waals surface area contributed by atoms with E-state index in [0.717, 1.165) is 11.1 Å². The Morgan fingerprint density at radius 1 is 1.03 bits per heavy atom. The molecule has 3 aromatic rings. The number of halogens is 2. The van der Waals surface area contributed by atoms with Crippen molar-refractivity contribution in [1.29, 1.82) is 0 Å². The van der Waals surface area contributed by atoms with Crippen molar-refractivity contribution in [2.75, 3.05) is 11.9 Å². The van der Waals surface area contributed by atoms with Gasteiger partial charge in [0.2, 0.25) is 0 Å². The summed E-state index contributed by atoms with van der Waals surface area (Å²) in [4.78, 5) is 34.6. The van der Waals surface area contributed by atoms with Crippen LogP contribution in [0.4, 0.5) is 11.4 Å². The van der Waals surface area contributed by atoms with E-state index in [1.165, 1.54) is 30.5 Å². The summed E-state index contributed by atoms with van der Waals surface area (Å²) in [6, 6.07) is 14.3. The fourth-order valence-electron chi connectivity index (χ4n) is 2.91. The zero-order valence-corrected chi connectivity index (χ0v) is 21.8. The molecule has 11 heteroatoms. The number of nitro benzene ring substituents is 1. The number of carbonyl (C=O) groups excluding carboxylic acids is 2. The van der Waals surface area contributed by atoms with Gasteiger partial charge in [0.15, 0.2) is 6.61 Å². The van der Waals surface area contributed by atoms with Gasteiger partial charge >= 0.3 is 0 Å². The molecule has 0 aliphatic heterocycles. The lowest BCUT2D eigenvalue weighted by Crippen LogP contribution is -2.20. The molecule has 35 heavy (non-hydrogen) atoms. The highest BCUT2D eigenvalue weighted by atomic mass is 79.9. The number of non-ortho nitro benzene ring substituents is 1. The molecule has 0 fully saturated rings. The molecule has 2 N–H and O–H groups in total. The highest BCUT2D eigenvalue weighted by Gasteiger charge is 2.12. The molecule has 0 bridgehead atoms. The Balaban J connectivity index is 1.57. The van der Waals surface area contributed by atoms with E-state index >= 15 is 0 Å². The van der Waals surface area contributed by atoms with Gasteiger partial charge in [0.1, 0.15) is 5.75 Å². The minimum atomic E-state index is -0.541. The SMILES string of the molecule is Cc1ccc(NC(=O)COc2c(Br)cc(/C=N/NC(=O)c3ccc([N+](=O)[O-])cc3)cc2Br)cc1C. The summed E-state index contributed by atoms with van der Waals surface area (Å²) >= 11 is 6.84. The fraction of sp³-hybridized carbons (Fsp3) is 0.125. The van der Waals surface area contributed by atoms with Crippen molar-refractivity contribution in [3.63, 3.8) is 0 Å². The lowest BCUT2D eigenvalue weighted by molar-refractivity contribution is -0.384. The number of amides is 2. The number of ether oxygens (including phenoxy) is 1. The molecule has 0 aromatic heterocycles. The van der Waals surface area contributed by atoms with Crippen molar-refractivity contribution in [2.24, 2.45) is 5.10 Å². The van der Waals surface area contributed by atoms with E-state index in [-0.39, 0.29) is 23.8 Å². The number of rotatable bonds is 8. The fourth-order valence-corrected chi connectivity index (χ4v) is 4.36. The van der Waals surface area contributed by atoms with Crippen LogP contribution in [0.3, 0.4) is 0 Å². The maximum atomic E-state index is 12.3. The number of nitrogens with one attached hydrogen (secondary N) is 2. The van der Waals surface area contributed by atoms with Gasteiger partial charge in [-0.05, 0) is 98.8 Å². The van der Waals surface area contributed by atoms with Gasteiger partial charge in [-0.2, -0.15) is 5.10 Å². The van der Waals surface area contributed by atoms with Crippen LogP contribution in [0, 0.1) is 24.0 Å². The van der Waals surface area contributed by atoms with Gasteiger partial charge in [-0.3, -0.25) is 19.7 Å². The van der Waals surface area contributed by atoms with E-state index in [9.17, 15) is 19.7 Å². The molecule has 0 aliphatic rings. The van der Waals surface area contributed by atoms with Crippen LogP contribution in [0.25, 0.3) is 0 Å². The molecule has 0 aliphatic carbocycles. The van der Waals surface area contributed by atoms with Crippen LogP contribution in [0.5, 0.6) is 5.75 Å². The minimum Gasteiger partial charge on any atom is -0.481 e. The average molecular weight is 604 g/mol. The topological polar surface area (TPSA) is 123 Å². The Morgan fingerprint density at radius 2 is 1.69 bits per heavy atom. The van der Waals surface area contributed by atoms with Crippen molar-refractivity contribution < 1.29 is 19.2 Å². The molecular formula is C24H20Br2N4O5. The Labute approximate surface area is 218 Å². The van der Waals surface area contributed by atoms with Crippen LogP contribution < -0.4 is 15.5 Å². The predicted molar refractivity (Wildman–Crippen MR) is 140 cm³/mol. The molecule has 3 rings (SSSR count). The zero-order valence-electron chi connectivity index (χ0n) is 18.7. The smallest absolute Gasteiger partial charge is 0.271 e. The number of benzene rings is 3. The third-order valence-electron chi connectivity index (χ3n) is 4.88. The summed E-state index contributed by atoms with van der Waals surface area (Å²) < 4.78 is 6.83. The molecular weight excluding hydrogens is 584 g/mol. The summed E-state index contributed by atoms with van der Waals surface area (Å²) in [5.41, 5.74) is 6.05. The highest BCUT2D eigenvalue weighted by molar-refractivity contribution is 9.11. The molecule has 0 radical (unpaired) electrons. The molecule has 0 unspecified atom stereocenters. The summed E-state index contributed by atoms with van der Waals surface area (Å²) in [6.45, 7) is 3.78. The van der Waals surface area contributed by atoms with Gasteiger partial charge in [0.25, 0.3) is 17.5 Å². The summed E-state index contributed by atoms with van der Waals surface area (Å²) in [6.07, 6.45) is 1.43. The van der Waals surface area contributed by atoms with Gasteiger partial charge in [-0.15, -0.1) is 0 Å². The Hall–Kier alpha value is -3.57. The van der Waals surface area contributed by atoms with E-state index in [1.54, 1.807) is 12.1 Å². The van der Waals surface area contributed by atoms with E-state index in [2.05, 4.69) is 47.7 Å². The number of carbonyl (C=O) groups is 2. The molecule has 0 saturated carbocycles. The van der Waals surface area contributed by atoms with Gasteiger partial charge in [-0.1, -0.05) is 6.07 Å². The second-order valence-corrected chi connectivity index (χ2v) is 9.16. The number of hydrazone groups is 1. The molecule has 0 spiro atoms. The zero-order chi connectivity index (χ0) is 25.5.